The van der Waals surface area contributed by atoms with Gasteiger partial charge in [-0.2, -0.15) is 0 Å². The predicted octanol–water partition coefficient (Wildman–Crippen LogP) is 3.50. The standard InChI is InChI=1S/C13H18Cl2N2O.ClH/c1-3-5-11(16)13(18)17(2)8-9-6-4-7-10(14)12(9)15;/h4,6-7,11H,3,5,8,16H2,1-2H3;1H. The molecule has 0 aromatic heterocycles. The quantitative estimate of drug-likeness (QED) is 0.900. The number of halogens is 3. The molecule has 1 atom stereocenters. The summed E-state index contributed by atoms with van der Waals surface area (Å²) in [5.74, 6) is -0.0760. The molecule has 3 nitrogen and oxygen atoms in total. The second-order valence-electron chi connectivity index (χ2n) is 4.30. The third-order valence-corrected chi connectivity index (χ3v) is 3.59. The van der Waals surface area contributed by atoms with Gasteiger partial charge in [-0.25, -0.2) is 0 Å². The monoisotopic (exact) mass is 324 g/mol. The summed E-state index contributed by atoms with van der Waals surface area (Å²) in [6.07, 6.45) is 1.57. The number of carbonyl (C=O) groups is 1. The molecule has 0 aliphatic heterocycles. The highest BCUT2D eigenvalue weighted by atomic mass is 35.5. The highest BCUT2D eigenvalue weighted by Gasteiger charge is 2.18. The molecule has 1 aromatic carbocycles. The molecule has 19 heavy (non-hydrogen) atoms. The van der Waals surface area contributed by atoms with Gasteiger partial charge in [-0.05, 0) is 18.1 Å². The van der Waals surface area contributed by atoms with E-state index in [1.807, 2.05) is 19.1 Å². The number of rotatable bonds is 5. The van der Waals surface area contributed by atoms with E-state index in [2.05, 4.69) is 0 Å². The van der Waals surface area contributed by atoms with Gasteiger partial charge < -0.3 is 10.6 Å². The van der Waals surface area contributed by atoms with Crippen molar-refractivity contribution >= 4 is 41.5 Å². The highest BCUT2D eigenvalue weighted by molar-refractivity contribution is 6.42. The van der Waals surface area contributed by atoms with Crippen LogP contribution in [0.1, 0.15) is 25.3 Å². The summed E-state index contributed by atoms with van der Waals surface area (Å²) in [5.41, 5.74) is 6.62. The average molecular weight is 326 g/mol. The number of hydrogen-bond donors (Lipinski definition) is 1. The molecule has 1 rings (SSSR count). The molecule has 0 spiro atoms. The van der Waals surface area contributed by atoms with Crippen molar-refractivity contribution in [2.75, 3.05) is 7.05 Å². The van der Waals surface area contributed by atoms with E-state index >= 15 is 0 Å². The lowest BCUT2D eigenvalue weighted by Gasteiger charge is -2.21. The van der Waals surface area contributed by atoms with Crippen LogP contribution in [0.15, 0.2) is 18.2 Å². The minimum atomic E-state index is -0.446. The highest BCUT2D eigenvalue weighted by Crippen LogP contribution is 2.26. The molecule has 1 aromatic rings. The summed E-state index contributed by atoms with van der Waals surface area (Å²) in [5, 5.41) is 0.982. The molecule has 2 N–H and O–H groups in total. The van der Waals surface area contributed by atoms with Crippen molar-refractivity contribution in [3.05, 3.63) is 33.8 Å². The first-order chi connectivity index (χ1) is 8.47. The Bertz CT molecular complexity index is 426. The molecule has 1 unspecified atom stereocenters. The Labute approximate surface area is 130 Å². The fraction of sp³-hybridized carbons (Fsp3) is 0.462. The lowest BCUT2D eigenvalue weighted by molar-refractivity contribution is -0.131. The third kappa shape index (κ3) is 5.19. The van der Waals surface area contributed by atoms with Gasteiger partial charge >= 0.3 is 0 Å². The van der Waals surface area contributed by atoms with Crippen LogP contribution in [0, 0.1) is 0 Å². The molecular weight excluding hydrogens is 307 g/mol. The molecular formula is C13H19Cl3N2O. The number of benzene rings is 1. The zero-order valence-corrected chi connectivity index (χ0v) is 13.4. The first-order valence-electron chi connectivity index (χ1n) is 5.90. The normalized spacial score (nSPS) is 11.6. The maximum absolute atomic E-state index is 12.0. The topological polar surface area (TPSA) is 46.3 Å². The van der Waals surface area contributed by atoms with E-state index in [-0.39, 0.29) is 18.3 Å². The van der Waals surface area contributed by atoms with E-state index in [4.69, 9.17) is 28.9 Å². The van der Waals surface area contributed by atoms with Crippen LogP contribution >= 0.6 is 35.6 Å². The average Bonchev–Trinajstić information content (AvgIpc) is 2.34. The zero-order chi connectivity index (χ0) is 13.7. The first kappa shape index (κ1) is 18.5. The Morgan fingerprint density at radius 2 is 2.05 bits per heavy atom. The van der Waals surface area contributed by atoms with Gasteiger partial charge in [0.25, 0.3) is 0 Å². The summed E-state index contributed by atoms with van der Waals surface area (Å²) in [6.45, 7) is 2.41. The van der Waals surface area contributed by atoms with Gasteiger partial charge in [-0.3, -0.25) is 4.79 Å². The van der Waals surface area contributed by atoms with E-state index in [0.717, 1.165) is 12.0 Å². The molecule has 0 bridgehead atoms. The van der Waals surface area contributed by atoms with Crippen molar-refractivity contribution in [2.24, 2.45) is 5.73 Å². The summed E-state index contributed by atoms with van der Waals surface area (Å²) >= 11 is 12.0. The van der Waals surface area contributed by atoms with Gasteiger partial charge in [0.15, 0.2) is 0 Å². The molecule has 108 valence electrons. The van der Waals surface area contributed by atoms with E-state index < -0.39 is 6.04 Å². The summed E-state index contributed by atoms with van der Waals surface area (Å²) in [7, 11) is 1.72. The smallest absolute Gasteiger partial charge is 0.239 e. The lowest BCUT2D eigenvalue weighted by Crippen LogP contribution is -2.41. The maximum Gasteiger partial charge on any atom is 0.239 e. The minimum absolute atomic E-state index is 0. The zero-order valence-electron chi connectivity index (χ0n) is 11.0. The number of hydrogen-bond acceptors (Lipinski definition) is 2. The minimum Gasteiger partial charge on any atom is -0.340 e. The largest absolute Gasteiger partial charge is 0.340 e. The van der Waals surface area contributed by atoms with Gasteiger partial charge in [-0.15, -0.1) is 12.4 Å². The van der Waals surface area contributed by atoms with Crippen molar-refractivity contribution in [1.82, 2.24) is 4.90 Å². The second kappa shape index (κ2) is 8.64. The third-order valence-electron chi connectivity index (χ3n) is 2.73. The van der Waals surface area contributed by atoms with Crippen LogP contribution in [0.4, 0.5) is 0 Å². The maximum atomic E-state index is 12.0. The Balaban J connectivity index is 0.00000324. The summed E-state index contributed by atoms with van der Waals surface area (Å²) in [4.78, 5) is 13.5. The lowest BCUT2D eigenvalue weighted by atomic mass is 10.1. The fourth-order valence-electron chi connectivity index (χ4n) is 1.72. The van der Waals surface area contributed by atoms with Crippen molar-refractivity contribution < 1.29 is 4.79 Å². The van der Waals surface area contributed by atoms with E-state index in [9.17, 15) is 4.79 Å². The molecule has 0 heterocycles. The van der Waals surface area contributed by atoms with E-state index in [0.29, 0.717) is 23.0 Å². The van der Waals surface area contributed by atoms with Crippen LogP contribution in [0.3, 0.4) is 0 Å². The Hall–Kier alpha value is -0.480. The van der Waals surface area contributed by atoms with Crippen LogP contribution in [0.2, 0.25) is 10.0 Å². The van der Waals surface area contributed by atoms with Gasteiger partial charge in [0.05, 0.1) is 16.1 Å². The molecule has 0 aliphatic carbocycles. The molecule has 0 saturated heterocycles. The van der Waals surface area contributed by atoms with Crippen molar-refractivity contribution in [3.8, 4) is 0 Å². The summed E-state index contributed by atoms with van der Waals surface area (Å²) in [6, 6.07) is 4.94. The van der Waals surface area contributed by atoms with Gasteiger partial charge in [0.1, 0.15) is 0 Å². The Morgan fingerprint density at radius 3 is 2.63 bits per heavy atom. The SMILES string of the molecule is CCCC(N)C(=O)N(C)Cc1cccc(Cl)c1Cl.Cl. The predicted molar refractivity (Wildman–Crippen MR) is 83.1 cm³/mol. The first-order valence-corrected chi connectivity index (χ1v) is 6.66. The Kier molecular flexibility index (Phi) is 8.42. The molecule has 6 heteroatoms. The van der Waals surface area contributed by atoms with Crippen LogP contribution in [0.5, 0.6) is 0 Å². The molecule has 0 aliphatic rings. The number of nitrogens with zero attached hydrogens (tertiary/aromatic N) is 1. The van der Waals surface area contributed by atoms with Crippen molar-refractivity contribution in [1.29, 1.82) is 0 Å². The van der Waals surface area contributed by atoms with Crippen LogP contribution in [0.25, 0.3) is 0 Å². The number of likely N-dealkylation sites (N-methyl/N-ethyl adjacent to an activating group) is 1. The van der Waals surface area contributed by atoms with Crippen LogP contribution < -0.4 is 5.73 Å². The molecule has 0 saturated carbocycles. The van der Waals surface area contributed by atoms with Crippen molar-refractivity contribution in [2.45, 2.75) is 32.4 Å². The Morgan fingerprint density at radius 1 is 1.42 bits per heavy atom. The molecule has 0 fully saturated rings. The molecule has 1 amide bonds. The number of amides is 1. The van der Waals surface area contributed by atoms with Gasteiger partial charge in [0.2, 0.25) is 5.91 Å². The fourth-order valence-corrected chi connectivity index (χ4v) is 2.10. The second-order valence-corrected chi connectivity index (χ2v) is 5.09. The molecule has 0 radical (unpaired) electrons. The number of carbonyl (C=O) groups excluding carboxylic acids is 1. The van der Waals surface area contributed by atoms with Crippen LogP contribution in [-0.2, 0) is 11.3 Å². The number of nitrogens with two attached hydrogens (primary N) is 1. The van der Waals surface area contributed by atoms with Crippen LogP contribution in [-0.4, -0.2) is 23.9 Å². The van der Waals surface area contributed by atoms with Gasteiger partial charge in [0, 0.05) is 13.6 Å². The van der Waals surface area contributed by atoms with E-state index in [1.165, 1.54) is 0 Å². The van der Waals surface area contributed by atoms with Crippen molar-refractivity contribution in [3.63, 3.8) is 0 Å². The summed E-state index contributed by atoms with van der Waals surface area (Å²) < 4.78 is 0. The van der Waals surface area contributed by atoms with Gasteiger partial charge in [-0.1, -0.05) is 48.7 Å². The van der Waals surface area contributed by atoms with E-state index in [1.54, 1.807) is 18.0 Å².